The third kappa shape index (κ3) is 1.58. The van der Waals surface area contributed by atoms with Crippen molar-refractivity contribution in [3.8, 4) is 11.3 Å². The second kappa shape index (κ2) is 3.14. The van der Waals surface area contributed by atoms with Gasteiger partial charge in [0.25, 0.3) is 0 Å². The Morgan fingerprint density at radius 1 is 1.31 bits per heavy atom. The first kappa shape index (κ1) is 7.60. The summed E-state index contributed by atoms with van der Waals surface area (Å²) in [5, 5.41) is 5.84. The van der Waals surface area contributed by atoms with Crippen LogP contribution in [0.3, 0.4) is 0 Å². The van der Waals surface area contributed by atoms with Crippen LogP contribution in [0.1, 0.15) is 0 Å². The molecule has 13 heavy (non-hydrogen) atoms. The SMILES string of the molecule is O=c1nc(-c2cccnc2)cn[nH]1. The molecule has 0 aliphatic heterocycles. The van der Waals surface area contributed by atoms with Gasteiger partial charge in [-0.15, -0.1) is 0 Å². The fourth-order valence-corrected chi connectivity index (χ4v) is 0.965. The van der Waals surface area contributed by atoms with Crippen molar-refractivity contribution in [2.75, 3.05) is 0 Å². The van der Waals surface area contributed by atoms with Crippen LogP contribution in [-0.2, 0) is 0 Å². The van der Waals surface area contributed by atoms with Gasteiger partial charge in [-0.25, -0.2) is 9.89 Å². The molecule has 0 aliphatic carbocycles. The van der Waals surface area contributed by atoms with Gasteiger partial charge in [-0.05, 0) is 12.1 Å². The Bertz CT molecular complexity index is 451. The van der Waals surface area contributed by atoms with Gasteiger partial charge in [0.15, 0.2) is 0 Å². The number of H-pyrrole nitrogens is 1. The molecule has 0 radical (unpaired) electrons. The minimum atomic E-state index is -0.457. The minimum absolute atomic E-state index is 0.457. The molecule has 2 aromatic rings. The molecule has 0 saturated heterocycles. The van der Waals surface area contributed by atoms with E-state index in [1.165, 1.54) is 6.20 Å². The van der Waals surface area contributed by atoms with Crippen molar-refractivity contribution in [3.05, 3.63) is 41.2 Å². The van der Waals surface area contributed by atoms with Crippen molar-refractivity contribution < 1.29 is 0 Å². The molecule has 0 amide bonds. The van der Waals surface area contributed by atoms with Gasteiger partial charge >= 0.3 is 5.69 Å². The van der Waals surface area contributed by atoms with Crippen LogP contribution in [0.2, 0.25) is 0 Å². The number of pyridine rings is 1. The van der Waals surface area contributed by atoms with Crippen LogP contribution in [0.4, 0.5) is 0 Å². The highest BCUT2D eigenvalue weighted by Crippen LogP contribution is 2.10. The predicted octanol–water partition coefficient (Wildman–Crippen LogP) is 0.227. The van der Waals surface area contributed by atoms with Crippen LogP contribution in [0.5, 0.6) is 0 Å². The van der Waals surface area contributed by atoms with E-state index < -0.39 is 5.69 Å². The monoisotopic (exact) mass is 174 g/mol. The van der Waals surface area contributed by atoms with Crippen molar-refractivity contribution in [2.45, 2.75) is 0 Å². The van der Waals surface area contributed by atoms with Crippen LogP contribution in [0.25, 0.3) is 11.3 Å². The van der Waals surface area contributed by atoms with E-state index >= 15 is 0 Å². The van der Waals surface area contributed by atoms with Crippen molar-refractivity contribution in [3.63, 3.8) is 0 Å². The van der Waals surface area contributed by atoms with Gasteiger partial charge in [-0.2, -0.15) is 10.1 Å². The van der Waals surface area contributed by atoms with E-state index in [1.54, 1.807) is 18.5 Å². The van der Waals surface area contributed by atoms with Gasteiger partial charge in [0.2, 0.25) is 0 Å². The highest BCUT2D eigenvalue weighted by molar-refractivity contribution is 5.55. The Labute approximate surface area is 73.5 Å². The zero-order chi connectivity index (χ0) is 9.10. The molecule has 0 spiro atoms. The quantitative estimate of drug-likeness (QED) is 0.671. The normalized spacial score (nSPS) is 9.85. The lowest BCUT2D eigenvalue weighted by molar-refractivity contribution is 0.918. The maximum absolute atomic E-state index is 10.8. The van der Waals surface area contributed by atoms with E-state index in [4.69, 9.17) is 0 Å². The number of hydrogen-bond donors (Lipinski definition) is 1. The van der Waals surface area contributed by atoms with Crippen molar-refractivity contribution in [1.29, 1.82) is 0 Å². The van der Waals surface area contributed by atoms with Gasteiger partial charge in [0.05, 0.1) is 11.9 Å². The van der Waals surface area contributed by atoms with Crippen molar-refractivity contribution >= 4 is 0 Å². The molecule has 64 valence electrons. The first-order valence-corrected chi connectivity index (χ1v) is 3.68. The lowest BCUT2D eigenvalue weighted by atomic mass is 10.2. The number of aromatic amines is 1. The van der Waals surface area contributed by atoms with E-state index in [0.29, 0.717) is 5.69 Å². The summed E-state index contributed by atoms with van der Waals surface area (Å²) in [7, 11) is 0. The molecule has 0 unspecified atom stereocenters. The second-order valence-electron chi connectivity index (χ2n) is 2.41. The second-order valence-corrected chi connectivity index (χ2v) is 2.41. The van der Waals surface area contributed by atoms with Crippen molar-refractivity contribution in [1.82, 2.24) is 20.2 Å². The maximum Gasteiger partial charge on any atom is 0.361 e. The lowest BCUT2D eigenvalue weighted by Gasteiger charge is -1.95. The molecular formula is C8H6N4O. The first-order chi connectivity index (χ1) is 6.36. The number of hydrogen-bond acceptors (Lipinski definition) is 4. The molecule has 0 bridgehead atoms. The average Bonchev–Trinajstić information content (AvgIpc) is 2.19. The molecule has 0 atom stereocenters. The largest absolute Gasteiger partial charge is 0.361 e. The van der Waals surface area contributed by atoms with E-state index in [9.17, 15) is 4.79 Å². The Balaban J connectivity index is 2.54. The number of nitrogens with one attached hydrogen (secondary N) is 1. The van der Waals surface area contributed by atoms with Gasteiger partial charge < -0.3 is 0 Å². The molecule has 5 heteroatoms. The summed E-state index contributed by atoms with van der Waals surface area (Å²) in [6.45, 7) is 0. The summed E-state index contributed by atoms with van der Waals surface area (Å²) in [6, 6.07) is 3.59. The van der Waals surface area contributed by atoms with Gasteiger partial charge in [-0.1, -0.05) is 0 Å². The average molecular weight is 174 g/mol. The smallest absolute Gasteiger partial charge is 0.264 e. The summed E-state index contributed by atoms with van der Waals surface area (Å²) in [4.78, 5) is 18.5. The van der Waals surface area contributed by atoms with Crippen LogP contribution in [0, 0.1) is 0 Å². The van der Waals surface area contributed by atoms with Crippen LogP contribution in [-0.4, -0.2) is 20.2 Å². The Morgan fingerprint density at radius 3 is 2.92 bits per heavy atom. The number of aromatic nitrogens is 4. The minimum Gasteiger partial charge on any atom is -0.264 e. The summed E-state index contributed by atoms with van der Waals surface area (Å²) < 4.78 is 0. The molecule has 0 aliphatic rings. The zero-order valence-electron chi connectivity index (χ0n) is 6.64. The van der Waals surface area contributed by atoms with Gasteiger partial charge in [-0.3, -0.25) is 4.98 Å². The molecule has 0 fully saturated rings. The molecule has 5 nitrogen and oxygen atoms in total. The van der Waals surface area contributed by atoms with E-state index in [1.807, 2.05) is 6.07 Å². The highest BCUT2D eigenvalue weighted by atomic mass is 16.1. The highest BCUT2D eigenvalue weighted by Gasteiger charge is 1.98. The first-order valence-electron chi connectivity index (χ1n) is 3.68. The zero-order valence-corrected chi connectivity index (χ0v) is 6.64. The number of nitrogens with zero attached hydrogens (tertiary/aromatic N) is 3. The standard InChI is InChI=1S/C8H6N4O/c13-8-11-7(5-10-12-8)6-2-1-3-9-4-6/h1-5H,(H,11,12,13). The third-order valence-corrected chi connectivity index (χ3v) is 1.53. The van der Waals surface area contributed by atoms with E-state index in [-0.39, 0.29) is 0 Å². The fraction of sp³-hybridized carbons (Fsp3) is 0. The molecule has 0 aromatic carbocycles. The van der Waals surface area contributed by atoms with Crippen LogP contribution >= 0.6 is 0 Å². The van der Waals surface area contributed by atoms with Gasteiger partial charge in [0.1, 0.15) is 0 Å². The number of rotatable bonds is 1. The fourth-order valence-electron chi connectivity index (χ4n) is 0.965. The topological polar surface area (TPSA) is 71.5 Å². The summed E-state index contributed by atoms with van der Waals surface area (Å²) in [6.07, 6.45) is 4.77. The summed E-state index contributed by atoms with van der Waals surface area (Å²) in [5.41, 5.74) is 0.847. The lowest BCUT2D eigenvalue weighted by Crippen LogP contribution is -2.11. The molecule has 1 N–H and O–H groups in total. The molecular weight excluding hydrogens is 168 g/mol. The Kier molecular flexibility index (Phi) is 1.84. The van der Waals surface area contributed by atoms with Crippen LogP contribution in [0.15, 0.2) is 35.5 Å². The van der Waals surface area contributed by atoms with E-state index in [2.05, 4.69) is 20.2 Å². The Hall–Kier alpha value is -2.04. The third-order valence-electron chi connectivity index (χ3n) is 1.53. The summed E-state index contributed by atoms with van der Waals surface area (Å²) >= 11 is 0. The van der Waals surface area contributed by atoms with Gasteiger partial charge in [0, 0.05) is 18.0 Å². The molecule has 0 saturated carbocycles. The van der Waals surface area contributed by atoms with Crippen LogP contribution < -0.4 is 5.69 Å². The summed E-state index contributed by atoms with van der Waals surface area (Å²) in [5.74, 6) is 0. The molecule has 2 aromatic heterocycles. The predicted molar refractivity (Wildman–Crippen MR) is 45.9 cm³/mol. The van der Waals surface area contributed by atoms with E-state index in [0.717, 1.165) is 5.56 Å². The molecule has 2 heterocycles. The molecule has 2 rings (SSSR count). The Morgan fingerprint density at radius 2 is 2.23 bits per heavy atom. The maximum atomic E-state index is 10.8. The van der Waals surface area contributed by atoms with Crippen molar-refractivity contribution in [2.24, 2.45) is 0 Å².